The molecular formula is C6H9FN3O4S+. The molecular weight excluding hydrogens is 229 g/mol. The van der Waals surface area contributed by atoms with Gasteiger partial charge in [-0.25, -0.2) is 4.57 Å². The van der Waals surface area contributed by atoms with Gasteiger partial charge in [-0.1, -0.05) is 0 Å². The highest BCUT2D eigenvalue weighted by molar-refractivity contribution is 7.86. The zero-order valence-electron chi connectivity index (χ0n) is 7.83. The quantitative estimate of drug-likeness (QED) is 0.307. The highest BCUT2D eigenvalue weighted by Gasteiger charge is 2.17. The van der Waals surface area contributed by atoms with E-state index in [-0.39, 0.29) is 12.4 Å². The Balaban J connectivity index is 2.81. The van der Waals surface area contributed by atoms with Crippen LogP contribution in [-0.4, -0.2) is 23.7 Å². The fourth-order valence-corrected chi connectivity index (χ4v) is 1.50. The van der Waals surface area contributed by atoms with Gasteiger partial charge in [0.05, 0.1) is 7.05 Å². The molecule has 0 fully saturated rings. The minimum Gasteiger partial charge on any atom is -0.358 e. The van der Waals surface area contributed by atoms with Gasteiger partial charge < -0.3 is 10.1 Å². The van der Waals surface area contributed by atoms with Crippen molar-refractivity contribution >= 4 is 16.0 Å². The Hall–Kier alpha value is -1.51. The number of nitro groups is 1. The zero-order valence-corrected chi connectivity index (χ0v) is 8.65. The van der Waals surface area contributed by atoms with E-state index in [9.17, 15) is 22.4 Å². The van der Waals surface area contributed by atoms with Crippen molar-refractivity contribution in [2.24, 2.45) is 7.05 Å². The van der Waals surface area contributed by atoms with Crippen molar-refractivity contribution in [2.45, 2.75) is 6.54 Å². The van der Waals surface area contributed by atoms with Crippen molar-refractivity contribution in [3.8, 4) is 0 Å². The molecule has 9 heteroatoms. The molecule has 84 valence electrons. The van der Waals surface area contributed by atoms with E-state index in [1.165, 1.54) is 22.5 Å². The molecule has 1 rings (SSSR count). The maximum absolute atomic E-state index is 12.2. The Morgan fingerprint density at radius 2 is 2.27 bits per heavy atom. The number of hydrogen-bond donors (Lipinski definition) is 0. The van der Waals surface area contributed by atoms with Crippen molar-refractivity contribution in [3.63, 3.8) is 0 Å². The summed E-state index contributed by atoms with van der Waals surface area (Å²) in [5, 5.41) is 10.4. The third-order valence-electron chi connectivity index (χ3n) is 1.74. The van der Waals surface area contributed by atoms with E-state index < -0.39 is 20.9 Å². The van der Waals surface area contributed by atoms with Crippen LogP contribution in [0.25, 0.3) is 0 Å². The van der Waals surface area contributed by atoms with Crippen molar-refractivity contribution in [2.75, 3.05) is 5.75 Å². The molecule has 0 unspecified atom stereocenters. The van der Waals surface area contributed by atoms with Crippen LogP contribution in [0.15, 0.2) is 12.5 Å². The van der Waals surface area contributed by atoms with Crippen LogP contribution in [0.1, 0.15) is 0 Å². The molecule has 0 aromatic carbocycles. The first-order valence-corrected chi connectivity index (χ1v) is 5.47. The summed E-state index contributed by atoms with van der Waals surface area (Å²) in [5.41, 5.74) is 0. The van der Waals surface area contributed by atoms with E-state index in [0.29, 0.717) is 0 Å². The van der Waals surface area contributed by atoms with E-state index in [4.69, 9.17) is 0 Å². The Labute approximate surface area is 85.1 Å². The topological polar surface area (TPSA) is 86.1 Å². The smallest absolute Gasteiger partial charge is 0.358 e. The SMILES string of the molecule is Cn1c[n+](CCS(=O)(=O)F)cc1[N+](=O)[O-]. The minimum absolute atomic E-state index is 0.152. The average Bonchev–Trinajstić information content (AvgIpc) is 2.42. The highest BCUT2D eigenvalue weighted by Crippen LogP contribution is 2.05. The van der Waals surface area contributed by atoms with Gasteiger partial charge in [0.25, 0.3) is 0 Å². The van der Waals surface area contributed by atoms with Gasteiger partial charge in [-0.3, -0.25) is 0 Å². The second-order valence-corrected chi connectivity index (χ2v) is 4.44. The first kappa shape index (κ1) is 11.6. The Kier molecular flexibility index (Phi) is 3.03. The van der Waals surface area contributed by atoms with Gasteiger partial charge in [-0.2, -0.15) is 13.0 Å². The summed E-state index contributed by atoms with van der Waals surface area (Å²) in [7, 11) is -3.10. The molecule has 0 aliphatic rings. The molecule has 0 spiro atoms. The molecule has 0 amide bonds. The number of rotatable bonds is 4. The maximum Gasteiger partial charge on any atom is 0.364 e. The summed E-state index contributed by atoms with van der Waals surface area (Å²) in [6.07, 6.45) is 2.47. The van der Waals surface area contributed by atoms with Crippen LogP contribution in [-0.2, 0) is 23.8 Å². The van der Waals surface area contributed by atoms with Crippen molar-refractivity contribution in [3.05, 3.63) is 22.6 Å². The molecule has 0 bridgehead atoms. The number of imidazole rings is 1. The lowest BCUT2D eigenvalue weighted by molar-refractivity contribution is -0.693. The fraction of sp³-hybridized carbons (Fsp3) is 0.500. The predicted octanol–water partition coefficient (Wildman–Crippen LogP) is -0.480. The van der Waals surface area contributed by atoms with Gasteiger partial charge in [0.15, 0.2) is 6.20 Å². The lowest BCUT2D eigenvalue weighted by atomic mass is 10.7. The molecule has 0 aliphatic carbocycles. The predicted molar refractivity (Wildman–Crippen MR) is 47.2 cm³/mol. The zero-order chi connectivity index (χ0) is 11.6. The van der Waals surface area contributed by atoms with E-state index in [2.05, 4.69) is 0 Å². The van der Waals surface area contributed by atoms with E-state index in [0.717, 1.165) is 6.20 Å². The summed E-state index contributed by atoms with van der Waals surface area (Å²) in [5.74, 6) is -0.884. The molecule has 0 radical (unpaired) electrons. The standard InChI is InChI=1S/C6H9FN3O4S/c1-8-5-9(2-3-15(7,13)14)4-6(8)10(11)12/h4-5H,2-3H2,1H3/q+1. The summed E-state index contributed by atoms with van der Waals surface area (Å²) in [4.78, 5) is 9.80. The normalized spacial score (nSPS) is 11.6. The van der Waals surface area contributed by atoms with Crippen molar-refractivity contribution in [1.29, 1.82) is 0 Å². The van der Waals surface area contributed by atoms with Crippen LogP contribution in [0.5, 0.6) is 0 Å². The monoisotopic (exact) mass is 238 g/mol. The van der Waals surface area contributed by atoms with E-state index in [1.807, 2.05) is 0 Å². The van der Waals surface area contributed by atoms with Crippen LogP contribution < -0.4 is 4.57 Å². The molecule has 0 atom stereocenters. The lowest BCUT2D eigenvalue weighted by Crippen LogP contribution is -2.34. The molecule has 7 nitrogen and oxygen atoms in total. The van der Waals surface area contributed by atoms with Gasteiger partial charge in [-0.05, 0) is 4.92 Å². The maximum atomic E-state index is 12.2. The summed E-state index contributed by atoms with van der Waals surface area (Å²) in [6.45, 7) is -0.152. The van der Waals surface area contributed by atoms with Crippen molar-refractivity contribution in [1.82, 2.24) is 4.57 Å². The van der Waals surface area contributed by atoms with Crippen LogP contribution in [0.2, 0.25) is 0 Å². The molecule has 0 N–H and O–H groups in total. The molecule has 1 aromatic rings. The van der Waals surface area contributed by atoms with E-state index in [1.54, 1.807) is 0 Å². The lowest BCUT2D eigenvalue weighted by Gasteiger charge is -1.90. The van der Waals surface area contributed by atoms with E-state index >= 15 is 0 Å². The molecule has 1 aromatic heterocycles. The summed E-state index contributed by atoms with van der Waals surface area (Å²) < 4.78 is 35.0. The molecule has 15 heavy (non-hydrogen) atoms. The number of nitrogens with zero attached hydrogens (tertiary/aromatic N) is 3. The largest absolute Gasteiger partial charge is 0.364 e. The number of aryl methyl sites for hydroxylation is 2. The first-order chi connectivity index (χ1) is 6.79. The fourth-order valence-electron chi connectivity index (χ4n) is 1.07. The Morgan fingerprint density at radius 1 is 1.67 bits per heavy atom. The molecule has 0 saturated heterocycles. The first-order valence-electron chi connectivity index (χ1n) is 3.92. The Morgan fingerprint density at radius 3 is 2.67 bits per heavy atom. The third kappa shape index (κ3) is 3.27. The average molecular weight is 238 g/mol. The van der Waals surface area contributed by atoms with Gasteiger partial charge >= 0.3 is 16.0 Å². The second kappa shape index (κ2) is 3.93. The molecule has 0 aliphatic heterocycles. The molecule has 0 saturated carbocycles. The Bertz CT molecular complexity index is 481. The number of aromatic nitrogens is 2. The van der Waals surface area contributed by atoms with Crippen LogP contribution in [0.4, 0.5) is 9.70 Å². The number of halogens is 1. The van der Waals surface area contributed by atoms with Crippen LogP contribution in [0.3, 0.4) is 0 Å². The van der Waals surface area contributed by atoms with Crippen LogP contribution in [0, 0.1) is 10.1 Å². The van der Waals surface area contributed by atoms with Crippen LogP contribution >= 0.6 is 0 Å². The molecule has 1 heterocycles. The summed E-state index contributed by atoms with van der Waals surface area (Å²) >= 11 is 0. The summed E-state index contributed by atoms with van der Waals surface area (Å²) in [6, 6.07) is 0. The minimum atomic E-state index is -4.55. The van der Waals surface area contributed by atoms with Gasteiger partial charge in [-0.15, -0.1) is 3.89 Å². The second-order valence-electron chi connectivity index (χ2n) is 2.95. The number of hydrogen-bond acceptors (Lipinski definition) is 4. The van der Waals surface area contributed by atoms with Crippen molar-refractivity contribution < 1.29 is 21.8 Å². The third-order valence-corrected chi connectivity index (χ3v) is 2.41. The highest BCUT2D eigenvalue weighted by atomic mass is 32.3. The van der Waals surface area contributed by atoms with Gasteiger partial charge in [0.1, 0.15) is 12.3 Å². The van der Waals surface area contributed by atoms with Gasteiger partial charge in [0, 0.05) is 0 Å². The van der Waals surface area contributed by atoms with Gasteiger partial charge in [0.2, 0.25) is 6.33 Å².